The van der Waals surface area contributed by atoms with E-state index in [0.29, 0.717) is 12.6 Å². The highest BCUT2D eigenvalue weighted by atomic mass is 16.6. The monoisotopic (exact) mass is 389 g/mol. The molecule has 0 spiro atoms. The Kier molecular flexibility index (Phi) is 4.98. The van der Waals surface area contributed by atoms with Crippen LogP contribution in [-0.4, -0.2) is 53.0 Å². The van der Waals surface area contributed by atoms with Crippen LogP contribution in [0.3, 0.4) is 0 Å². The molecule has 1 aromatic carbocycles. The van der Waals surface area contributed by atoms with E-state index >= 15 is 0 Å². The number of rotatable bonds is 3. The van der Waals surface area contributed by atoms with Crippen LogP contribution < -0.4 is 10.2 Å². The van der Waals surface area contributed by atoms with Crippen molar-refractivity contribution in [2.45, 2.75) is 65.6 Å². The van der Waals surface area contributed by atoms with E-state index in [2.05, 4.69) is 26.1 Å². The van der Waals surface area contributed by atoms with Crippen molar-refractivity contribution in [2.24, 2.45) is 5.41 Å². The smallest absolute Gasteiger partial charge is 0.414 e. The Morgan fingerprint density at radius 2 is 1.96 bits per heavy atom. The lowest BCUT2D eigenvalue weighted by atomic mass is 9.85. The molecule has 154 valence electrons. The van der Waals surface area contributed by atoms with Crippen molar-refractivity contribution < 1.29 is 19.4 Å². The van der Waals surface area contributed by atoms with Crippen LogP contribution >= 0.6 is 0 Å². The van der Waals surface area contributed by atoms with Crippen LogP contribution in [-0.2, 0) is 11.2 Å². The van der Waals surface area contributed by atoms with Crippen LogP contribution in [0.25, 0.3) is 0 Å². The number of nitrogens with one attached hydrogen (secondary N) is 1. The maximum Gasteiger partial charge on any atom is 0.414 e. The molecule has 28 heavy (non-hydrogen) atoms. The van der Waals surface area contributed by atoms with Gasteiger partial charge in [0, 0.05) is 23.0 Å². The van der Waals surface area contributed by atoms with E-state index in [4.69, 9.17) is 4.74 Å². The first-order valence-electron chi connectivity index (χ1n) is 9.74. The van der Waals surface area contributed by atoms with Gasteiger partial charge >= 0.3 is 12.2 Å². The van der Waals surface area contributed by atoms with Gasteiger partial charge in [0.1, 0.15) is 6.10 Å². The number of anilines is 2. The van der Waals surface area contributed by atoms with E-state index in [1.165, 1.54) is 10.5 Å². The minimum absolute atomic E-state index is 0.143. The summed E-state index contributed by atoms with van der Waals surface area (Å²) < 4.78 is 5.47. The fourth-order valence-electron chi connectivity index (χ4n) is 3.71. The maximum absolute atomic E-state index is 12.4. The van der Waals surface area contributed by atoms with Crippen molar-refractivity contribution >= 4 is 23.6 Å². The third-order valence-corrected chi connectivity index (χ3v) is 5.50. The van der Waals surface area contributed by atoms with Gasteiger partial charge in [-0.05, 0) is 56.4 Å². The standard InChI is InChI=1S/C21H31N3O4/c1-20(2,3)17-10-13-9-14(7-8-16(13)22-17)23-11-15(28-19(23)27)12-24(18(25)26)21(4,5)6/h7-9,15,17,22H,10-12H2,1-6H3,(H,25,26)/t15-,17?/m1/s1. The number of fused-ring (bicyclic) bond motifs is 1. The molecule has 1 fully saturated rings. The first kappa shape index (κ1) is 20.3. The minimum Gasteiger partial charge on any atom is -0.465 e. The van der Waals surface area contributed by atoms with E-state index in [9.17, 15) is 14.7 Å². The summed E-state index contributed by atoms with van der Waals surface area (Å²) in [5, 5.41) is 13.0. The zero-order chi connectivity index (χ0) is 20.9. The van der Waals surface area contributed by atoms with Gasteiger partial charge in [-0.3, -0.25) is 9.80 Å². The topological polar surface area (TPSA) is 82.1 Å². The lowest BCUT2D eigenvalue weighted by molar-refractivity contribution is 0.0605. The highest BCUT2D eigenvalue weighted by Gasteiger charge is 2.38. The quantitative estimate of drug-likeness (QED) is 0.811. The molecule has 1 saturated heterocycles. The van der Waals surface area contributed by atoms with E-state index in [1.807, 2.05) is 39.0 Å². The molecule has 3 rings (SSSR count). The van der Waals surface area contributed by atoms with Gasteiger partial charge in [0.05, 0.1) is 13.1 Å². The molecule has 0 radical (unpaired) electrons. The average molecular weight is 389 g/mol. The SMILES string of the molecule is CC(C)(C)C1Cc2cc(N3C[C@H](CN(C(=O)O)C(C)(C)C)OC3=O)ccc2N1. The second kappa shape index (κ2) is 6.87. The first-order chi connectivity index (χ1) is 12.9. The third kappa shape index (κ3) is 4.03. The Morgan fingerprint density at radius 1 is 1.29 bits per heavy atom. The molecule has 0 bridgehead atoms. The van der Waals surface area contributed by atoms with Crippen LogP contribution in [0.1, 0.15) is 47.1 Å². The van der Waals surface area contributed by atoms with Gasteiger partial charge in [-0.2, -0.15) is 0 Å². The Labute approximate surface area is 166 Å². The molecule has 7 heteroatoms. The molecule has 0 aliphatic carbocycles. The summed E-state index contributed by atoms with van der Waals surface area (Å²) in [6, 6.07) is 6.32. The van der Waals surface area contributed by atoms with Crippen LogP contribution in [0.5, 0.6) is 0 Å². The van der Waals surface area contributed by atoms with E-state index in [-0.39, 0.29) is 12.0 Å². The number of ether oxygens (including phenoxy) is 1. The number of hydrogen-bond donors (Lipinski definition) is 2. The van der Waals surface area contributed by atoms with Gasteiger partial charge in [-0.25, -0.2) is 9.59 Å². The molecule has 2 atom stereocenters. The molecule has 0 saturated carbocycles. The van der Waals surface area contributed by atoms with E-state index in [0.717, 1.165) is 17.8 Å². The molecule has 7 nitrogen and oxygen atoms in total. The van der Waals surface area contributed by atoms with Crippen molar-refractivity contribution in [3.63, 3.8) is 0 Å². The van der Waals surface area contributed by atoms with Crippen LogP contribution in [0, 0.1) is 5.41 Å². The minimum atomic E-state index is -1.01. The van der Waals surface area contributed by atoms with Gasteiger partial charge in [-0.15, -0.1) is 0 Å². The summed E-state index contributed by atoms with van der Waals surface area (Å²) in [5.74, 6) is 0. The lowest BCUT2D eigenvalue weighted by Gasteiger charge is -2.34. The second-order valence-corrected chi connectivity index (χ2v) is 9.79. The zero-order valence-electron chi connectivity index (χ0n) is 17.6. The summed E-state index contributed by atoms with van der Waals surface area (Å²) in [5.41, 5.74) is 2.67. The molecule has 2 aliphatic heterocycles. The van der Waals surface area contributed by atoms with E-state index in [1.54, 1.807) is 4.90 Å². The zero-order valence-corrected chi connectivity index (χ0v) is 17.6. The third-order valence-electron chi connectivity index (χ3n) is 5.50. The van der Waals surface area contributed by atoms with Crippen LogP contribution in [0.15, 0.2) is 18.2 Å². The molecule has 0 aromatic heterocycles. The fourth-order valence-corrected chi connectivity index (χ4v) is 3.71. The van der Waals surface area contributed by atoms with Gasteiger partial charge in [0.15, 0.2) is 0 Å². The summed E-state index contributed by atoms with van der Waals surface area (Å²) in [6.07, 6.45) is -1.02. The number of nitrogens with zero attached hydrogens (tertiary/aromatic N) is 2. The average Bonchev–Trinajstić information content (AvgIpc) is 3.13. The predicted molar refractivity (Wildman–Crippen MR) is 109 cm³/mol. The summed E-state index contributed by atoms with van der Waals surface area (Å²) >= 11 is 0. The Morgan fingerprint density at radius 3 is 2.54 bits per heavy atom. The highest BCUT2D eigenvalue weighted by Crippen LogP contribution is 2.37. The van der Waals surface area contributed by atoms with Crippen molar-refractivity contribution in [2.75, 3.05) is 23.3 Å². The molecule has 2 aliphatic rings. The molecular formula is C21H31N3O4. The predicted octanol–water partition coefficient (Wildman–Crippen LogP) is 4.17. The van der Waals surface area contributed by atoms with Gasteiger partial charge in [0.2, 0.25) is 0 Å². The van der Waals surface area contributed by atoms with Gasteiger partial charge in [0.25, 0.3) is 0 Å². The molecule has 1 unspecified atom stereocenters. The molecule has 2 N–H and O–H groups in total. The normalized spacial score (nSPS) is 21.9. The fraction of sp³-hybridized carbons (Fsp3) is 0.619. The van der Waals surface area contributed by atoms with Crippen molar-refractivity contribution in [1.82, 2.24) is 4.90 Å². The summed E-state index contributed by atoms with van der Waals surface area (Å²) in [6.45, 7) is 12.6. The van der Waals surface area contributed by atoms with Gasteiger partial charge in [-0.1, -0.05) is 20.8 Å². The summed E-state index contributed by atoms with van der Waals surface area (Å²) in [4.78, 5) is 26.9. The van der Waals surface area contributed by atoms with Gasteiger partial charge < -0.3 is 15.2 Å². The van der Waals surface area contributed by atoms with E-state index < -0.39 is 23.8 Å². The highest BCUT2D eigenvalue weighted by molar-refractivity contribution is 5.90. The number of carbonyl (C=O) groups excluding carboxylic acids is 1. The van der Waals surface area contributed by atoms with Crippen molar-refractivity contribution in [3.05, 3.63) is 23.8 Å². The van der Waals surface area contributed by atoms with Crippen LogP contribution in [0.4, 0.5) is 21.0 Å². The van der Waals surface area contributed by atoms with Crippen LogP contribution in [0.2, 0.25) is 0 Å². The summed E-state index contributed by atoms with van der Waals surface area (Å²) in [7, 11) is 0. The Hall–Kier alpha value is -2.44. The largest absolute Gasteiger partial charge is 0.465 e. The number of benzene rings is 1. The molecule has 2 heterocycles. The number of carbonyl (C=O) groups is 2. The number of amides is 2. The molecule has 2 amide bonds. The van der Waals surface area contributed by atoms with Crippen molar-refractivity contribution in [3.8, 4) is 0 Å². The molecular weight excluding hydrogens is 358 g/mol. The first-order valence-corrected chi connectivity index (χ1v) is 9.74. The Bertz CT molecular complexity index is 779. The van der Waals surface area contributed by atoms with Crippen molar-refractivity contribution in [1.29, 1.82) is 0 Å². The lowest BCUT2D eigenvalue weighted by Crippen LogP contribution is -2.49. The number of hydrogen-bond acceptors (Lipinski definition) is 4. The number of cyclic esters (lactones) is 1. The second-order valence-electron chi connectivity index (χ2n) is 9.79. The maximum atomic E-state index is 12.4. The Balaban J connectivity index is 1.73. The number of carboxylic acid groups (broad SMARTS) is 1. The molecule has 1 aromatic rings.